The summed E-state index contributed by atoms with van der Waals surface area (Å²) in [5.41, 5.74) is 2.35. The number of rotatable bonds is 10. The lowest BCUT2D eigenvalue weighted by Crippen LogP contribution is -2.00. The Labute approximate surface area is 133 Å². The molecule has 0 aliphatic heterocycles. The smallest absolute Gasteiger partial charge is 0.0907 e. The second-order valence-corrected chi connectivity index (χ2v) is 7.05. The van der Waals surface area contributed by atoms with Gasteiger partial charge in [-0.15, -0.1) is 11.3 Å². The van der Waals surface area contributed by atoms with Gasteiger partial charge in [0.15, 0.2) is 0 Å². The zero-order chi connectivity index (χ0) is 14.9. The summed E-state index contributed by atoms with van der Waals surface area (Å²) >= 11 is 1.77. The Morgan fingerprint density at radius 2 is 1.71 bits per heavy atom. The SMILES string of the molecule is CCCCCCCCCCNc1ccc2nc(C)sc2c1. The number of aryl methyl sites for hydroxylation is 1. The van der Waals surface area contributed by atoms with Crippen molar-refractivity contribution in [2.24, 2.45) is 0 Å². The summed E-state index contributed by atoms with van der Waals surface area (Å²) in [5.74, 6) is 0. The van der Waals surface area contributed by atoms with Gasteiger partial charge in [0.25, 0.3) is 0 Å². The van der Waals surface area contributed by atoms with E-state index >= 15 is 0 Å². The summed E-state index contributed by atoms with van der Waals surface area (Å²) in [6, 6.07) is 6.49. The highest BCUT2D eigenvalue weighted by Gasteiger charge is 2.01. The largest absolute Gasteiger partial charge is 0.385 e. The van der Waals surface area contributed by atoms with Crippen LogP contribution in [0.2, 0.25) is 0 Å². The average molecular weight is 305 g/mol. The van der Waals surface area contributed by atoms with Crippen molar-refractivity contribution in [3.05, 3.63) is 23.2 Å². The number of aromatic nitrogens is 1. The Morgan fingerprint density at radius 3 is 2.48 bits per heavy atom. The molecule has 0 atom stereocenters. The zero-order valence-electron chi connectivity index (χ0n) is 13.5. The van der Waals surface area contributed by atoms with Crippen molar-refractivity contribution in [2.75, 3.05) is 11.9 Å². The molecule has 116 valence electrons. The van der Waals surface area contributed by atoms with Gasteiger partial charge in [0.1, 0.15) is 0 Å². The number of nitrogens with zero attached hydrogens (tertiary/aromatic N) is 1. The van der Waals surface area contributed by atoms with E-state index < -0.39 is 0 Å². The van der Waals surface area contributed by atoms with Gasteiger partial charge in [-0.3, -0.25) is 0 Å². The summed E-state index contributed by atoms with van der Waals surface area (Å²) in [5, 5.41) is 4.68. The lowest BCUT2D eigenvalue weighted by molar-refractivity contribution is 0.581. The number of nitrogens with one attached hydrogen (secondary N) is 1. The molecule has 21 heavy (non-hydrogen) atoms. The van der Waals surface area contributed by atoms with Crippen LogP contribution in [-0.2, 0) is 0 Å². The summed E-state index contributed by atoms with van der Waals surface area (Å²) in [6.07, 6.45) is 11.0. The van der Waals surface area contributed by atoms with E-state index in [0.29, 0.717) is 0 Å². The Morgan fingerprint density at radius 1 is 1.00 bits per heavy atom. The third-order valence-electron chi connectivity index (χ3n) is 3.85. The molecule has 0 fully saturated rings. The molecule has 2 nitrogen and oxygen atoms in total. The van der Waals surface area contributed by atoms with Crippen LogP contribution in [0.4, 0.5) is 5.69 Å². The first kappa shape index (κ1) is 16.3. The average Bonchev–Trinajstić information content (AvgIpc) is 2.85. The normalized spacial score (nSPS) is 11.1. The van der Waals surface area contributed by atoms with E-state index in [-0.39, 0.29) is 0 Å². The van der Waals surface area contributed by atoms with Crippen LogP contribution in [0.15, 0.2) is 18.2 Å². The molecular formula is C18H28N2S. The molecule has 0 amide bonds. The molecule has 0 aliphatic rings. The van der Waals surface area contributed by atoms with Crippen LogP contribution < -0.4 is 5.32 Å². The van der Waals surface area contributed by atoms with Gasteiger partial charge in [-0.25, -0.2) is 4.98 Å². The summed E-state index contributed by atoms with van der Waals surface area (Å²) < 4.78 is 1.29. The number of anilines is 1. The molecule has 0 saturated carbocycles. The van der Waals surface area contributed by atoms with E-state index in [4.69, 9.17) is 0 Å². The number of hydrogen-bond donors (Lipinski definition) is 1. The lowest BCUT2D eigenvalue weighted by atomic mass is 10.1. The molecule has 1 aromatic carbocycles. The predicted octanol–water partition coefficient (Wildman–Crippen LogP) is 6.16. The molecule has 1 aromatic heterocycles. The highest BCUT2D eigenvalue weighted by atomic mass is 32.1. The molecule has 1 heterocycles. The number of hydrogen-bond acceptors (Lipinski definition) is 3. The van der Waals surface area contributed by atoms with Gasteiger partial charge >= 0.3 is 0 Å². The van der Waals surface area contributed by atoms with Crippen LogP contribution in [0, 0.1) is 6.92 Å². The quantitative estimate of drug-likeness (QED) is 0.532. The fourth-order valence-electron chi connectivity index (χ4n) is 2.64. The van der Waals surface area contributed by atoms with Crippen molar-refractivity contribution in [1.29, 1.82) is 0 Å². The topological polar surface area (TPSA) is 24.9 Å². The number of benzene rings is 1. The Bertz CT molecular complexity index is 533. The molecule has 0 spiro atoms. The van der Waals surface area contributed by atoms with Crippen molar-refractivity contribution < 1.29 is 0 Å². The molecular weight excluding hydrogens is 276 g/mol. The van der Waals surface area contributed by atoms with E-state index in [2.05, 4.69) is 42.3 Å². The van der Waals surface area contributed by atoms with Crippen LogP contribution >= 0.6 is 11.3 Å². The van der Waals surface area contributed by atoms with Crippen molar-refractivity contribution >= 4 is 27.2 Å². The van der Waals surface area contributed by atoms with Crippen LogP contribution in [0.25, 0.3) is 10.2 Å². The first-order valence-electron chi connectivity index (χ1n) is 8.40. The van der Waals surface area contributed by atoms with Gasteiger partial charge in [-0.05, 0) is 31.5 Å². The number of thiazole rings is 1. The van der Waals surface area contributed by atoms with Crippen molar-refractivity contribution in [2.45, 2.75) is 65.2 Å². The van der Waals surface area contributed by atoms with Crippen molar-refractivity contribution in [1.82, 2.24) is 4.98 Å². The van der Waals surface area contributed by atoms with E-state index in [1.165, 1.54) is 61.8 Å². The van der Waals surface area contributed by atoms with Crippen molar-refractivity contribution in [3.8, 4) is 0 Å². The number of fused-ring (bicyclic) bond motifs is 1. The van der Waals surface area contributed by atoms with E-state index in [0.717, 1.165) is 17.1 Å². The lowest BCUT2D eigenvalue weighted by Gasteiger charge is -2.06. The minimum atomic E-state index is 1.08. The standard InChI is InChI=1S/C18H28N2S/c1-3-4-5-6-7-8-9-10-13-19-16-11-12-17-18(14-16)21-15(2)20-17/h11-12,14,19H,3-10,13H2,1-2H3. The van der Waals surface area contributed by atoms with Crippen LogP contribution in [-0.4, -0.2) is 11.5 Å². The number of unbranched alkanes of at least 4 members (excludes halogenated alkanes) is 7. The molecule has 0 saturated heterocycles. The maximum Gasteiger partial charge on any atom is 0.0907 e. The summed E-state index contributed by atoms with van der Waals surface area (Å²) in [6.45, 7) is 5.42. The molecule has 3 heteroatoms. The molecule has 0 bridgehead atoms. The summed E-state index contributed by atoms with van der Waals surface area (Å²) in [7, 11) is 0. The monoisotopic (exact) mass is 304 g/mol. The Hall–Kier alpha value is -1.09. The minimum absolute atomic E-state index is 1.08. The first-order chi connectivity index (χ1) is 10.3. The summed E-state index contributed by atoms with van der Waals surface area (Å²) in [4.78, 5) is 4.50. The molecule has 1 N–H and O–H groups in total. The Balaban J connectivity index is 1.59. The second-order valence-electron chi connectivity index (χ2n) is 5.82. The highest BCUT2D eigenvalue weighted by molar-refractivity contribution is 7.18. The first-order valence-corrected chi connectivity index (χ1v) is 9.22. The third kappa shape index (κ3) is 5.66. The van der Waals surface area contributed by atoms with Crippen LogP contribution in [0.1, 0.15) is 63.3 Å². The van der Waals surface area contributed by atoms with Gasteiger partial charge in [0, 0.05) is 12.2 Å². The van der Waals surface area contributed by atoms with Crippen molar-refractivity contribution in [3.63, 3.8) is 0 Å². The fraction of sp³-hybridized carbons (Fsp3) is 0.611. The molecule has 2 rings (SSSR count). The maximum absolute atomic E-state index is 4.50. The Kier molecular flexibility index (Phi) is 7.01. The maximum atomic E-state index is 4.50. The molecule has 0 unspecified atom stereocenters. The van der Waals surface area contributed by atoms with Gasteiger partial charge in [0.2, 0.25) is 0 Å². The molecule has 2 aromatic rings. The second kappa shape index (κ2) is 9.04. The molecule has 0 aliphatic carbocycles. The van der Waals surface area contributed by atoms with E-state index in [1.54, 1.807) is 11.3 Å². The molecule has 0 radical (unpaired) electrons. The van der Waals surface area contributed by atoms with Crippen LogP contribution in [0.5, 0.6) is 0 Å². The fourth-order valence-corrected chi connectivity index (χ4v) is 3.51. The van der Waals surface area contributed by atoms with Gasteiger partial charge in [0.05, 0.1) is 15.2 Å². The van der Waals surface area contributed by atoms with Gasteiger partial charge < -0.3 is 5.32 Å². The minimum Gasteiger partial charge on any atom is -0.385 e. The highest BCUT2D eigenvalue weighted by Crippen LogP contribution is 2.24. The van der Waals surface area contributed by atoms with E-state index in [9.17, 15) is 0 Å². The van der Waals surface area contributed by atoms with Gasteiger partial charge in [-0.1, -0.05) is 51.9 Å². The predicted molar refractivity (Wildman–Crippen MR) is 95.5 cm³/mol. The third-order valence-corrected chi connectivity index (χ3v) is 4.79. The van der Waals surface area contributed by atoms with Crippen LogP contribution in [0.3, 0.4) is 0 Å². The van der Waals surface area contributed by atoms with E-state index in [1.807, 2.05) is 0 Å². The zero-order valence-corrected chi connectivity index (χ0v) is 14.3. The van der Waals surface area contributed by atoms with Gasteiger partial charge in [-0.2, -0.15) is 0 Å².